The van der Waals surface area contributed by atoms with Gasteiger partial charge in [0.05, 0.1) is 18.7 Å². The minimum Gasteiger partial charge on any atom is -0.468 e. The first-order valence-corrected chi connectivity index (χ1v) is 9.86. The van der Waals surface area contributed by atoms with Crippen molar-refractivity contribution in [3.05, 3.63) is 42.1 Å². The summed E-state index contributed by atoms with van der Waals surface area (Å²) in [7, 11) is 3.37. The van der Waals surface area contributed by atoms with Crippen molar-refractivity contribution in [1.82, 2.24) is 15.0 Å². The zero-order valence-electron chi connectivity index (χ0n) is 17.5. The third-order valence-corrected chi connectivity index (χ3v) is 5.02. The van der Waals surface area contributed by atoms with E-state index < -0.39 is 0 Å². The van der Waals surface area contributed by atoms with Crippen LogP contribution in [0.25, 0.3) is 22.4 Å². The smallest absolute Gasteiger partial charge is 0.188 e. The second kappa shape index (κ2) is 9.15. The highest BCUT2D eigenvalue weighted by atomic mass is 16.7. The predicted molar refractivity (Wildman–Crippen MR) is 116 cm³/mol. The Bertz CT molecular complexity index is 1060. The van der Waals surface area contributed by atoms with Crippen LogP contribution in [0.5, 0.6) is 5.75 Å². The van der Waals surface area contributed by atoms with Crippen molar-refractivity contribution in [2.75, 3.05) is 52.2 Å². The Hall–Kier alpha value is -3.10. The molecule has 8 nitrogen and oxygen atoms in total. The number of anilines is 1. The highest BCUT2D eigenvalue weighted by Gasteiger charge is 2.19. The summed E-state index contributed by atoms with van der Waals surface area (Å²) in [5, 5.41) is 0. The van der Waals surface area contributed by atoms with E-state index in [4.69, 9.17) is 24.2 Å². The Balaban J connectivity index is 1.84. The number of fused-ring (bicyclic) bond motifs is 1. The average molecular weight is 407 g/mol. The number of aliphatic imine (C=N–C) groups is 1. The van der Waals surface area contributed by atoms with Crippen LogP contribution in [0.2, 0.25) is 0 Å². The van der Waals surface area contributed by atoms with E-state index in [1.54, 1.807) is 14.2 Å². The molecule has 3 heterocycles. The molecule has 0 bridgehead atoms. The minimum atomic E-state index is 0.184. The molecule has 1 aliphatic heterocycles. The maximum atomic E-state index is 5.58. The number of pyridine rings is 1. The van der Waals surface area contributed by atoms with Crippen molar-refractivity contribution in [3.63, 3.8) is 0 Å². The van der Waals surface area contributed by atoms with Crippen molar-refractivity contribution in [2.45, 2.75) is 6.92 Å². The Morgan fingerprint density at radius 2 is 2.03 bits per heavy atom. The molecule has 0 saturated carbocycles. The number of ether oxygens (including phenoxy) is 3. The second-order valence-corrected chi connectivity index (χ2v) is 6.95. The van der Waals surface area contributed by atoms with E-state index in [2.05, 4.69) is 14.9 Å². The van der Waals surface area contributed by atoms with Gasteiger partial charge < -0.3 is 19.1 Å². The van der Waals surface area contributed by atoms with E-state index in [9.17, 15) is 0 Å². The van der Waals surface area contributed by atoms with Crippen molar-refractivity contribution in [3.8, 4) is 17.1 Å². The van der Waals surface area contributed by atoms with Crippen LogP contribution < -0.4 is 9.64 Å². The summed E-state index contributed by atoms with van der Waals surface area (Å²) in [6.07, 6.45) is 1.83. The van der Waals surface area contributed by atoms with Crippen molar-refractivity contribution < 1.29 is 14.2 Å². The molecule has 1 aromatic carbocycles. The lowest BCUT2D eigenvalue weighted by molar-refractivity contribution is 0.0511. The fourth-order valence-corrected chi connectivity index (χ4v) is 3.31. The van der Waals surface area contributed by atoms with Crippen molar-refractivity contribution >= 4 is 22.6 Å². The first-order valence-electron chi connectivity index (χ1n) is 9.86. The highest BCUT2D eigenvalue weighted by molar-refractivity contribution is 6.01. The zero-order chi connectivity index (χ0) is 20.9. The van der Waals surface area contributed by atoms with Crippen molar-refractivity contribution in [1.29, 1.82) is 0 Å². The topological polar surface area (TPSA) is 82.0 Å². The summed E-state index contributed by atoms with van der Waals surface area (Å²) in [6, 6.07) is 9.71. The van der Waals surface area contributed by atoms with Crippen LogP contribution in [0.15, 0.2) is 41.5 Å². The molecular weight excluding hydrogens is 382 g/mol. The fourth-order valence-electron chi connectivity index (χ4n) is 3.31. The molecular formula is C22H25N5O3. The zero-order valence-corrected chi connectivity index (χ0v) is 17.5. The van der Waals surface area contributed by atoms with Crippen LogP contribution in [0.4, 0.5) is 5.82 Å². The number of benzene rings is 1. The van der Waals surface area contributed by atoms with Gasteiger partial charge in [0.2, 0.25) is 0 Å². The van der Waals surface area contributed by atoms with Gasteiger partial charge in [0, 0.05) is 50.3 Å². The summed E-state index contributed by atoms with van der Waals surface area (Å²) in [5.41, 5.74) is 4.28. The predicted octanol–water partition coefficient (Wildman–Crippen LogP) is 2.95. The van der Waals surface area contributed by atoms with Gasteiger partial charge in [-0.3, -0.25) is 4.99 Å². The molecule has 156 valence electrons. The normalized spacial score (nSPS) is 14.9. The van der Waals surface area contributed by atoms with E-state index in [1.807, 2.05) is 43.5 Å². The third-order valence-electron chi connectivity index (χ3n) is 5.02. The van der Waals surface area contributed by atoms with Gasteiger partial charge in [-0.05, 0) is 25.1 Å². The molecule has 0 aliphatic carbocycles. The lowest BCUT2D eigenvalue weighted by Gasteiger charge is -2.28. The van der Waals surface area contributed by atoms with Crippen molar-refractivity contribution in [2.24, 2.45) is 4.99 Å². The number of aromatic nitrogens is 3. The molecule has 2 aromatic heterocycles. The highest BCUT2D eigenvalue weighted by Crippen LogP contribution is 2.29. The van der Waals surface area contributed by atoms with Gasteiger partial charge in [-0.2, -0.15) is 0 Å². The van der Waals surface area contributed by atoms with E-state index in [1.165, 1.54) is 0 Å². The molecule has 1 fully saturated rings. The minimum absolute atomic E-state index is 0.184. The van der Waals surface area contributed by atoms with Gasteiger partial charge in [-0.25, -0.2) is 15.0 Å². The average Bonchev–Trinajstić information content (AvgIpc) is 2.81. The Labute approximate surface area is 175 Å². The summed E-state index contributed by atoms with van der Waals surface area (Å²) in [4.78, 5) is 20.9. The van der Waals surface area contributed by atoms with Crippen LogP contribution in [0, 0.1) is 0 Å². The molecule has 0 amide bonds. The molecule has 30 heavy (non-hydrogen) atoms. The summed E-state index contributed by atoms with van der Waals surface area (Å²) < 4.78 is 16.1. The lowest BCUT2D eigenvalue weighted by atomic mass is 10.1. The maximum absolute atomic E-state index is 5.58. The molecule has 3 aromatic rings. The largest absolute Gasteiger partial charge is 0.468 e. The van der Waals surface area contributed by atoms with Gasteiger partial charge in [-0.1, -0.05) is 12.1 Å². The third kappa shape index (κ3) is 4.24. The number of rotatable bonds is 6. The number of nitrogens with zero attached hydrogens (tertiary/aromatic N) is 5. The summed E-state index contributed by atoms with van der Waals surface area (Å²) in [6.45, 7) is 5.01. The standard InChI is InChI=1S/C22H25N5O3/c1-15(23-2)17-12-19-20(24-13-17)22(27-7-9-29-10-8-27)26-21(25-19)16-5-4-6-18(11-16)30-14-28-3/h4-6,11-13H,7-10,14H2,1-3H3. The quantitative estimate of drug-likeness (QED) is 0.459. The van der Waals surface area contributed by atoms with Gasteiger partial charge in [-0.15, -0.1) is 0 Å². The maximum Gasteiger partial charge on any atom is 0.188 e. The van der Waals surface area contributed by atoms with Gasteiger partial charge in [0.25, 0.3) is 0 Å². The van der Waals surface area contributed by atoms with Crippen LogP contribution in [0.1, 0.15) is 12.5 Å². The number of hydrogen-bond acceptors (Lipinski definition) is 8. The van der Waals surface area contributed by atoms with E-state index in [0.29, 0.717) is 24.8 Å². The van der Waals surface area contributed by atoms with Crippen LogP contribution in [-0.4, -0.2) is 67.9 Å². The SMILES string of the molecule is CN=C(C)c1cnc2c(N3CCOCC3)nc(-c3cccc(OCOC)c3)nc2c1. The molecule has 1 aliphatic rings. The first-order chi connectivity index (χ1) is 14.7. The molecule has 0 atom stereocenters. The molecule has 0 unspecified atom stereocenters. The van der Waals surface area contributed by atoms with E-state index in [0.717, 1.165) is 46.8 Å². The fraction of sp³-hybridized carbons (Fsp3) is 0.364. The van der Waals surface area contributed by atoms with Gasteiger partial charge >= 0.3 is 0 Å². The first kappa shape index (κ1) is 20.2. The molecule has 4 rings (SSSR count). The van der Waals surface area contributed by atoms with E-state index in [-0.39, 0.29) is 6.79 Å². The summed E-state index contributed by atoms with van der Waals surface area (Å²) >= 11 is 0. The molecule has 1 saturated heterocycles. The molecule has 0 spiro atoms. The van der Waals surface area contributed by atoms with Crippen LogP contribution in [0.3, 0.4) is 0 Å². The van der Waals surface area contributed by atoms with Gasteiger partial charge in [0.15, 0.2) is 18.4 Å². The Morgan fingerprint density at radius 1 is 1.20 bits per heavy atom. The summed E-state index contributed by atoms with van der Waals surface area (Å²) in [5.74, 6) is 2.14. The Kier molecular flexibility index (Phi) is 6.15. The number of hydrogen-bond donors (Lipinski definition) is 0. The number of methoxy groups -OCH3 is 1. The monoisotopic (exact) mass is 407 g/mol. The van der Waals surface area contributed by atoms with Crippen LogP contribution >= 0.6 is 0 Å². The number of morpholine rings is 1. The van der Waals surface area contributed by atoms with E-state index >= 15 is 0 Å². The Morgan fingerprint density at radius 3 is 2.80 bits per heavy atom. The van der Waals surface area contributed by atoms with Gasteiger partial charge in [0.1, 0.15) is 11.3 Å². The second-order valence-electron chi connectivity index (χ2n) is 6.95. The molecule has 0 N–H and O–H groups in total. The van der Waals surface area contributed by atoms with Crippen LogP contribution in [-0.2, 0) is 9.47 Å². The molecule has 0 radical (unpaired) electrons. The lowest BCUT2D eigenvalue weighted by Crippen LogP contribution is -2.37. The molecule has 8 heteroatoms.